The fraction of sp³-hybridized carbons (Fsp3) is 0.462. The highest BCUT2D eigenvalue weighted by Crippen LogP contribution is 2.25. The average Bonchev–Trinajstić information content (AvgIpc) is 2.27. The number of hydrogen-bond acceptors (Lipinski definition) is 2. The zero-order valence-corrected chi connectivity index (χ0v) is 10.3. The molecule has 1 N–H and O–H groups in total. The van der Waals surface area contributed by atoms with Crippen LogP contribution < -0.4 is 5.32 Å². The largest absolute Gasteiger partial charge is 0.405 e. The van der Waals surface area contributed by atoms with E-state index in [-0.39, 0.29) is 6.04 Å². The number of rotatable bonds is 4. The fourth-order valence-corrected chi connectivity index (χ4v) is 1.59. The summed E-state index contributed by atoms with van der Waals surface area (Å²) >= 11 is 0. The second kappa shape index (κ2) is 5.87. The Kier molecular flexibility index (Phi) is 4.74. The SMILES string of the molecule is Cc1cccc([C@@H](C)NCC(C#N)C(F)(F)F)c1. The van der Waals surface area contributed by atoms with Crippen molar-refractivity contribution in [2.45, 2.75) is 26.1 Å². The molecule has 5 heteroatoms. The van der Waals surface area contributed by atoms with Gasteiger partial charge in [0.2, 0.25) is 0 Å². The molecule has 1 aromatic rings. The normalized spacial score (nSPS) is 14.9. The van der Waals surface area contributed by atoms with Gasteiger partial charge in [0.05, 0.1) is 6.07 Å². The van der Waals surface area contributed by atoms with Crippen LogP contribution in [-0.2, 0) is 0 Å². The average molecular weight is 256 g/mol. The maximum Gasteiger partial charge on any atom is 0.405 e. The van der Waals surface area contributed by atoms with Gasteiger partial charge >= 0.3 is 6.18 Å². The lowest BCUT2D eigenvalue weighted by atomic mass is 10.0. The highest BCUT2D eigenvalue weighted by atomic mass is 19.4. The Bertz CT molecular complexity index is 435. The van der Waals surface area contributed by atoms with Crippen LogP contribution in [0, 0.1) is 24.2 Å². The molecule has 0 aliphatic heterocycles. The smallest absolute Gasteiger partial charge is 0.309 e. The Morgan fingerprint density at radius 1 is 1.39 bits per heavy atom. The van der Waals surface area contributed by atoms with Gasteiger partial charge in [0.1, 0.15) is 0 Å². The van der Waals surface area contributed by atoms with Crippen molar-refractivity contribution in [1.82, 2.24) is 5.32 Å². The highest BCUT2D eigenvalue weighted by molar-refractivity contribution is 5.24. The molecular weight excluding hydrogens is 241 g/mol. The first-order chi connectivity index (χ1) is 8.34. The second-order valence-electron chi connectivity index (χ2n) is 4.27. The number of halogens is 3. The molecule has 0 aliphatic rings. The first-order valence-electron chi connectivity index (χ1n) is 5.61. The molecular formula is C13H15F3N2. The topological polar surface area (TPSA) is 35.8 Å². The van der Waals surface area contributed by atoms with Crippen LogP contribution >= 0.6 is 0 Å². The summed E-state index contributed by atoms with van der Waals surface area (Å²) in [5.41, 5.74) is 1.96. The molecule has 0 saturated heterocycles. The fourth-order valence-electron chi connectivity index (χ4n) is 1.59. The van der Waals surface area contributed by atoms with Gasteiger partial charge in [0.25, 0.3) is 0 Å². The minimum atomic E-state index is -4.48. The molecule has 1 unspecified atom stereocenters. The van der Waals surface area contributed by atoms with E-state index in [1.165, 1.54) is 6.07 Å². The van der Waals surface area contributed by atoms with Crippen molar-refractivity contribution in [3.05, 3.63) is 35.4 Å². The molecule has 0 saturated carbocycles. The molecule has 0 amide bonds. The number of aryl methyl sites for hydroxylation is 1. The van der Waals surface area contributed by atoms with E-state index in [0.717, 1.165) is 11.1 Å². The summed E-state index contributed by atoms with van der Waals surface area (Å²) in [6.45, 7) is 3.30. The van der Waals surface area contributed by atoms with Crippen molar-refractivity contribution in [2.24, 2.45) is 5.92 Å². The third-order valence-electron chi connectivity index (χ3n) is 2.72. The Hall–Kier alpha value is -1.54. The van der Waals surface area contributed by atoms with Crippen LogP contribution in [0.4, 0.5) is 13.2 Å². The summed E-state index contributed by atoms with van der Waals surface area (Å²) in [5.74, 6) is -1.97. The van der Waals surface area contributed by atoms with Crippen molar-refractivity contribution in [3.63, 3.8) is 0 Å². The van der Waals surface area contributed by atoms with E-state index in [1.807, 2.05) is 31.2 Å². The summed E-state index contributed by atoms with van der Waals surface area (Å²) in [7, 11) is 0. The number of nitriles is 1. The van der Waals surface area contributed by atoms with Crippen LogP contribution in [-0.4, -0.2) is 12.7 Å². The molecule has 18 heavy (non-hydrogen) atoms. The predicted octanol–water partition coefficient (Wildman–Crippen LogP) is 3.35. The molecule has 0 fully saturated rings. The first-order valence-corrected chi connectivity index (χ1v) is 5.61. The summed E-state index contributed by atoms with van der Waals surface area (Å²) in [4.78, 5) is 0. The van der Waals surface area contributed by atoms with Crippen LogP contribution in [0.5, 0.6) is 0 Å². The van der Waals surface area contributed by atoms with Crippen LogP contribution in [0.15, 0.2) is 24.3 Å². The van der Waals surface area contributed by atoms with Crippen LogP contribution in [0.25, 0.3) is 0 Å². The molecule has 0 bridgehead atoms. The van der Waals surface area contributed by atoms with E-state index < -0.39 is 18.6 Å². The van der Waals surface area contributed by atoms with E-state index in [9.17, 15) is 13.2 Å². The molecule has 0 radical (unpaired) electrons. The van der Waals surface area contributed by atoms with Gasteiger partial charge in [-0.05, 0) is 19.4 Å². The molecule has 0 heterocycles. The molecule has 1 aromatic carbocycles. The Balaban J connectivity index is 2.61. The standard InChI is InChI=1S/C13H15F3N2/c1-9-4-3-5-11(6-9)10(2)18-8-12(7-17)13(14,15)16/h3-6,10,12,18H,8H2,1-2H3/t10-,12?/m1/s1. The third kappa shape index (κ3) is 4.04. The maximum absolute atomic E-state index is 12.4. The highest BCUT2D eigenvalue weighted by Gasteiger charge is 2.39. The summed E-state index contributed by atoms with van der Waals surface area (Å²) in [6, 6.07) is 8.59. The lowest BCUT2D eigenvalue weighted by Crippen LogP contribution is -2.33. The van der Waals surface area contributed by atoms with E-state index in [0.29, 0.717) is 0 Å². The van der Waals surface area contributed by atoms with Gasteiger partial charge in [-0.3, -0.25) is 0 Å². The van der Waals surface area contributed by atoms with E-state index >= 15 is 0 Å². The van der Waals surface area contributed by atoms with Crippen LogP contribution in [0.2, 0.25) is 0 Å². The van der Waals surface area contributed by atoms with Crippen molar-refractivity contribution in [2.75, 3.05) is 6.54 Å². The van der Waals surface area contributed by atoms with Gasteiger partial charge in [-0.1, -0.05) is 29.8 Å². The van der Waals surface area contributed by atoms with E-state index in [4.69, 9.17) is 5.26 Å². The Morgan fingerprint density at radius 3 is 2.56 bits per heavy atom. The summed E-state index contributed by atoms with van der Waals surface area (Å²) in [5, 5.41) is 11.2. The quantitative estimate of drug-likeness (QED) is 0.896. The molecule has 0 aliphatic carbocycles. The molecule has 0 aromatic heterocycles. The van der Waals surface area contributed by atoms with Crippen LogP contribution in [0.3, 0.4) is 0 Å². The zero-order valence-electron chi connectivity index (χ0n) is 10.3. The van der Waals surface area contributed by atoms with Crippen molar-refractivity contribution in [1.29, 1.82) is 5.26 Å². The van der Waals surface area contributed by atoms with Crippen LogP contribution in [0.1, 0.15) is 24.1 Å². The minimum Gasteiger partial charge on any atom is -0.309 e. The number of nitrogens with zero attached hydrogens (tertiary/aromatic N) is 1. The van der Waals surface area contributed by atoms with Gasteiger partial charge in [0, 0.05) is 12.6 Å². The first kappa shape index (κ1) is 14.5. The summed E-state index contributed by atoms with van der Waals surface area (Å²) < 4.78 is 37.1. The summed E-state index contributed by atoms with van der Waals surface area (Å²) in [6.07, 6.45) is -4.48. The second-order valence-corrected chi connectivity index (χ2v) is 4.27. The Labute approximate surface area is 104 Å². The van der Waals surface area contributed by atoms with Gasteiger partial charge in [-0.2, -0.15) is 18.4 Å². The molecule has 0 spiro atoms. The third-order valence-corrected chi connectivity index (χ3v) is 2.72. The van der Waals surface area contributed by atoms with Gasteiger partial charge in [-0.15, -0.1) is 0 Å². The number of alkyl halides is 3. The van der Waals surface area contributed by atoms with E-state index in [2.05, 4.69) is 5.32 Å². The van der Waals surface area contributed by atoms with Gasteiger partial charge in [-0.25, -0.2) is 0 Å². The number of hydrogen-bond donors (Lipinski definition) is 1. The van der Waals surface area contributed by atoms with Gasteiger partial charge < -0.3 is 5.32 Å². The van der Waals surface area contributed by atoms with Gasteiger partial charge in [0.15, 0.2) is 5.92 Å². The lowest BCUT2D eigenvalue weighted by molar-refractivity contribution is -0.157. The number of nitrogens with one attached hydrogen (secondary N) is 1. The molecule has 2 nitrogen and oxygen atoms in total. The number of benzene rings is 1. The monoisotopic (exact) mass is 256 g/mol. The molecule has 98 valence electrons. The van der Waals surface area contributed by atoms with Crippen molar-refractivity contribution >= 4 is 0 Å². The molecule has 1 rings (SSSR count). The minimum absolute atomic E-state index is 0.219. The van der Waals surface area contributed by atoms with E-state index in [1.54, 1.807) is 6.92 Å². The predicted molar refractivity (Wildman–Crippen MR) is 62.8 cm³/mol. The lowest BCUT2D eigenvalue weighted by Gasteiger charge is -2.18. The zero-order chi connectivity index (χ0) is 13.8. The van der Waals surface area contributed by atoms with Crippen molar-refractivity contribution in [3.8, 4) is 6.07 Å². The Morgan fingerprint density at radius 2 is 2.06 bits per heavy atom. The molecule has 2 atom stereocenters. The maximum atomic E-state index is 12.4. The van der Waals surface area contributed by atoms with Crippen molar-refractivity contribution < 1.29 is 13.2 Å².